The van der Waals surface area contributed by atoms with Crippen molar-refractivity contribution >= 4 is 51.9 Å². The number of amides is 2. The van der Waals surface area contributed by atoms with Crippen LogP contribution in [0.4, 0.5) is 5.69 Å². The molecule has 0 unspecified atom stereocenters. The highest BCUT2D eigenvalue weighted by atomic mass is 32.2. The number of rotatable bonds is 8. The number of hydrogen-bond acceptors (Lipinski definition) is 8. The number of thioether (sulfide) groups is 1. The van der Waals surface area contributed by atoms with Crippen LogP contribution in [0, 0.1) is 0 Å². The molecule has 3 aliphatic rings. The molecule has 0 saturated carbocycles. The smallest absolute Gasteiger partial charge is 0.266 e. The van der Waals surface area contributed by atoms with Crippen LogP contribution in [0.1, 0.15) is 31.2 Å². The van der Waals surface area contributed by atoms with Crippen molar-refractivity contribution in [2.45, 2.75) is 25.7 Å². The fraction of sp³-hybridized carbons (Fsp3) is 0.292. The van der Waals surface area contributed by atoms with Crippen LogP contribution in [0.25, 0.3) is 6.08 Å². The van der Waals surface area contributed by atoms with E-state index in [4.69, 9.17) is 31.2 Å². The lowest BCUT2D eigenvalue weighted by Crippen LogP contribution is -2.29. The minimum Gasteiger partial charge on any atom is -0.454 e. The monoisotopic (exact) mass is 498 g/mol. The Labute approximate surface area is 206 Å². The summed E-state index contributed by atoms with van der Waals surface area (Å²) in [5.41, 5.74) is 1.54. The molecule has 1 saturated heterocycles. The summed E-state index contributed by atoms with van der Waals surface area (Å²) in [5.74, 6) is 2.54. The van der Waals surface area contributed by atoms with Crippen molar-refractivity contribution in [3.63, 3.8) is 0 Å². The van der Waals surface area contributed by atoms with Gasteiger partial charge in [-0.05, 0) is 48.7 Å². The summed E-state index contributed by atoms with van der Waals surface area (Å²) in [6.07, 6.45) is 4.52. The summed E-state index contributed by atoms with van der Waals surface area (Å²) < 4.78 is 21.9. The first kappa shape index (κ1) is 22.5. The van der Waals surface area contributed by atoms with Crippen LogP contribution in [0.3, 0.4) is 0 Å². The maximum absolute atomic E-state index is 12.8. The van der Waals surface area contributed by atoms with E-state index in [1.54, 1.807) is 23.1 Å². The standard InChI is InChI=1S/C24H22N2O6S2/c27-22(25-16-6-8-18-20(12-16)32-14-30-18)4-2-1-3-9-26-23(28)21(34-24(26)33)11-15-5-7-17-19(10-15)31-13-29-17/h5-8,10-12H,1-4,9,13-14H2,(H,25,27)/b21-11-. The van der Waals surface area contributed by atoms with Gasteiger partial charge in [-0.2, -0.15) is 0 Å². The van der Waals surface area contributed by atoms with E-state index in [1.165, 1.54) is 11.8 Å². The molecule has 10 heteroatoms. The number of hydrogen-bond donors (Lipinski definition) is 1. The Bertz CT molecular complexity index is 1180. The molecule has 2 aromatic rings. The number of nitrogens with zero attached hydrogens (tertiary/aromatic N) is 1. The van der Waals surface area contributed by atoms with E-state index in [9.17, 15) is 9.59 Å². The minimum absolute atomic E-state index is 0.0591. The van der Waals surface area contributed by atoms with Crippen molar-refractivity contribution in [1.29, 1.82) is 0 Å². The molecule has 3 aliphatic heterocycles. The van der Waals surface area contributed by atoms with Gasteiger partial charge in [0.2, 0.25) is 19.5 Å². The third kappa shape index (κ3) is 4.97. The minimum atomic E-state index is -0.0896. The predicted octanol–water partition coefficient (Wildman–Crippen LogP) is 4.54. The highest BCUT2D eigenvalue weighted by Crippen LogP contribution is 2.37. The molecule has 1 fully saturated rings. The van der Waals surface area contributed by atoms with E-state index in [1.807, 2.05) is 24.3 Å². The molecule has 0 spiro atoms. The van der Waals surface area contributed by atoms with Crippen molar-refractivity contribution in [2.24, 2.45) is 0 Å². The summed E-state index contributed by atoms with van der Waals surface area (Å²) in [4.78, 5) is 27.3. The van der Waals surface area contributed by atoms with Crippen molar-refractivity contribution in [3.8, 4) is 23.0 Å². The molecular formula is C24H22N2O6S2. The third-order valence-electron chi connectivity index (χ3n) is 5.51. The van der Waals surface area contributed by atoms with E-state index in [0.29, 0.717) is 50.9 Å². The fourth-order valence-electron chi connectivity index (χ4n) is 3.78. The van der Waals surface area contributed by atoms with Crippen molar-refractivity contribution in [3.05, 3.63) is 46.9 Å². The Morgan fingerprint density at radius 1 is 0.971 bits per heavy atom. The average Bonchev–Trinajstić information content (AvgIpc) is 3.54. The van der Waals surface area contributed by atoms with Gasteiger partial charge in [-0.25, -0.2) is 0 Å². The molecule has 2 amide bonds. The molecule has 0 bridgehead atoms. The molecule has 0 radical (unpaired) electrons. The Hall–Kier alpha value is -3.24. The second kappa shape index (κ2) is 9.94. The number of thiocarbonyl (C=S) groups is 1. The molecule has 34 heavy (non-hydrogen) atoms. The topological polar surface area (TPSA) is 86.3 Å². The van der Waals surface area contributed by atoms with E-state index < -0.39 is 0 Å². The summed E-state index contributed by atoms with van der Waals surface area (Å²) in [7, 11) is 0. The number of fused-ring (bicyclic) bond motifs is 2. The molecule has 3 heterocycles. The van der Waals surface area contributed by atoms with Gasteiger partial charge in [0, 0.05) is 24.7 Å². The van der Waals surface area contributed by atoms with Crippen LogP contribution in [-0.2, 0) is 9.59 Å². The predicted molar refractivity (Wildman–Crippen MR) is 132 cm³/mol. The second-order valence-corrected chi connectivity index (χ2v) is 9.55. The maximum atomic E-state index is 12.8. The highest BCUT2D eigenvalue weighted by molar-refractivity contribution is 8.26. The first-order chi connectivity index (χ1) is 16.6. The SMILES string of the molecule is O=C(CCCCCN1C(=O)/C(=C/c2ccc3c(c2)OCO3)SC1=S)Nc1ccc2c(c1)OCO2. The maximum Gasteiger partial charge on any atom is 0.266 e. The van der Waals surface area contributed by atoms with Crippen LogP contribution in [0.2, 0.25) is 0 Å². The van der Waals surface area contributed by atoms with Crippen molar-refractivity contribution in [1.82, 2.24) is 4.90 Å². The highest BCUT2D eigenvalue weighted by Gasteiger charge is 2.31. The summed E-state index contributed by atoms with van der Waals surface area (Å²) in [6, 6.07) is 10.9. The lowest BCUT2D eigenvalue weighted by molar-refractivity contribution is -0.122. The first-order valence-corrected chi connectivity index (χ1v) is 12.1. The summed E-state index contributed by atoms with van der Waals surface area (Å²) in [6.45, 7) is 0.942. The first-order valence-electron chi connectivity index (χ1n) is 10.9. The molecule has 8 nitrogen and oxygen atoms in total. The fourth-order valence-corrected chi connectivity index (χ4v) is 5.09. The van der Waals surface area contributed by atoms with Gasteiger partial charge in [0.15, 0.2) is 23.0 Å². The van der Waals surface area contributed by atoms with Crippen LogP contribution in [-0.4, -0.2) is 41.2 Å². The number of carbonyl (C=O) groups excluding carboxylic acids is 2. The summed E-state index contributed by atoms with van der Waals surface area (Å²) in [5, 5.41) is 2.87. The van der Waals surface area contributed by atoms with Gasteiger partial charge in [-0.1, -0.05) is 36.5 Å². The number of anilines is 1. The van der Waals surface area contributed by atoms with E-state index in [0.717, 1.165) is 24.8 Å². The Balaban J connectivity index is 1.06. The Morgan fingerprint density at radius 2 is 1.68 bits per heavy atom. The van der Waals surface area contributed by atoms with Crippen molar-refractivity contribution < 1.29 is 28.5 Å². The molecule has 0 atom stereocenters. The van der Waals surface area contributed by atoms with Gasteiger partial charge in [0.25, 0.3) is 5.91 Å². The van der Waals surface area contributed by atoms with Gasteiger partial charge in [0.1, 0.15) is 4.32 Å². The lowest BCUT2D eigenvalue weighted by atomic mass is 10.1. The van der Waals surface area contributed by atoms with Gasteiger partial charge in [0.05, 0.1) is 4.91 Å². The number of unbranched alkanes of at least 4 members (excludes halogenated alkanes) is 2. The molecule has 176 valence electrons. The van der Waals surface area contributed by atoms with E-state index >= 15 is 0 Å². The van der Waals surface area contributed by atoms with E-state index in [2.05, 4.69) is 5.32 Å². The lowest BCUT2D eigenvalue weighted by Gasteiger charge is -2.14. The Morgan fingerprint density at radius 3 is 2.47 bits per heavy atom. The zero-order valence-electron chi connectivity index (χ0n) is 18.2. The van der Waals surface area contributed by atoms with Crippen LogP contribution in [0.15, 0.2) is 41.3 Å². The third-order valence-corrected chi connectivity index (χ3v) is 6.89. The Kier molecular flexibility index (Phi) is 6.59. The van der Waals surface area contributed by atoms with Crippen molar-refractivity contribution in [2.75, 3.05) is 25.4 Å². The van der Waals surface area contributed by atoms with E-state index in [-0.39, 0.29) is 25.4 Å². The normalized spacial score (nSPS) is 17.1. The van der Waals surface area contributed by atoms with Crippen LogP contribution < -0.4 is 24.3 Å². The molecule has 2 aromatic carbocycles. The van der Waals surface area contributed by atoms with Crippen LogP contribution >= 0.6 is 24.0 Å². The zero-order valence-corrected chi connectivity index (χ0v) is 19.8. The number of benzene rings is 2. The molecular weight excluding hydrogens is 476 g/mol. The van der Waals surface area contributed by atoms with Gasteiger partial charge < -0.3 is 24.3 Å². The number of nitrogens with one attached hydrogen (secondary N) is 1. The van der Waals surface area contributed by atoms with Crippen LogP contribution in [0.5, 0.6) is 23.0 Å². The molecule has 5 rings (SSSR count). The average molecular weight is 499 g/mol. The largest absolute Gasteiger partial charge is 0.454 e. The van der Waals surface area contributed by atoms with Gasteiger partial charge in [-0.15, -0.1) is 0 Å². The van der Waals surface area contributed by atoms with Gasteiger partial charge >= 0.3 is 0 Å². The zero-order chi connectivity index (χ0) is 23.5. The quantitative estimate of drug-likeness (QED) is 0.322. The summed E-state index contributed by atoms with van der Waals surface area (Å²) >= 11 is 6.72. The molecule has 0 aromatic heterocycles. The number of carbonyl (C=O) groups is 2. The number of ether oxygens (including phenoxy) is 4. The van der Waals surface area contributed by atoms with Gasteiger partial charge in [-0.3, -0.25) is 14.5 Å². The second-order valence-electron chi connectivity index (χ2n) is 7.87. The molecule has 1 N–H and O–H groups in total. The molecule has 0 aliphatic carbocycles.